The van der Waals surface area contributed by atoms with E-state index in [4.69, 9.17) is 41.2 Å². The van der Waals surface area contributed by atoms with Crippen LogP contribution in [0, 0.1) is 0 Å². The van der Waals surface area contributed by atoms with Crippen LogP contribution < -0.4 is 11.1 Å². The monoisotopic (exact) mass is 525 g/mol. The summed E-state index contributed by atoms with van der Waals surface area (Å²) >= 11 is 20.1. The van der Waals surface area contributed by atoms with E-state index in [2.05, 4.69) is 5.32 Å². The van der Waals surface area contributed by atoms with E-state index in [1.54, 1.807) is 24.3 Å². The molecule has 32 heavy (non-hydrogen) atoms. The number of thioether (sulfide) groups is 1. The second-order valence-electron chi connectivity index (χ2n) is 7.23. The normalized spacial score (nSPS) is 17.1. The zero-order chi connectivity index (χ0) is 23.0. The van der Waals surface area contributed by atoms with Crippen molar-refractivity contribution in [3.63, 3.8) is 0 Å². The average Bonchev–Trinajstić information content (AvgIpc) is 3.22. The van der Waals surface area contributed by atoms with Crippen LogP contribution in [-0.4, -0.2) is 33.5 Å². The maximum absolute atomic E-state index is 12.9. The average molecular weight is 526 g/mol. The zero-order valence-corrected chi connectivity index (χ0v) is 20.5. The number of primary amides is 1. The number of nitrogens with two attached hydrogens (primary N) is 1. The molecule has 2 aliphatic rings. The lowest BCUT2D eigenvalue weighted by Gasteiger charge is -2.14. The van der Waals surface area contributed by atoms with Gasteiger partial charge in [0.1, 0.15) is 15.9 Å². The Morgan fingerprint density at radius 3 is 2.59 bits per heavy atom. The Bertz CT molecular complexity index is 1170. The van der Waals surface area contributed by atoms with Gasteiger partial charge < -0.3 is 11.1 Å². The van der Waals surface area contributed by atoms with Crippen molar-refractivity contribution in [3.8, 4) is 0 Å². The van der Waals surface area contributed by atoms with Crippen molar-refractivity contribution in [3.05, 3.63) is 54.7 Å². The van der Waals surface area contributed by atoms with Crippen molar-refractivity contribution < 1.29 is 14.4 Å². The molecule has 1 aliphatic carbocycles. The molecule has 0 radical (unpaired) electrons. The summed E-state index contributed by atoms with van der Waals surface area (Å²) in [5.41, 5.74) is 7.39. The number of aryl methyl sites for hydroxylation is 1. The molecule has 1 fully saturated rings. The third-order valence-corrected chi connectivity index (χ3v) is 8.37. The lowest BCUT2D eigenvalue weighted by molar-refractivity contribution is -0.126. The summed E-state index contributed by atoms with van der Waals surface area (Å²) in [7, 11) is 0. The summed E-state index contributed by atoms with van der Waals surface area (Å²) < 4.78 is 0.250. The Morgan fingerprint density at radius 2 is 1.91 bits per heavy atom. The van der Waals surface area contributed by atoms with Gasteiger partial charge in [0.15, 0.2) is 0 Å². The number of fused-ring (bicyclic) bond motifs is 1. The summed E-state index contributed by atoms with van der Waals surface area (Å²) in [5, 5.41) is 3.99. The third-order valence-electron chi connectivity index (χ3n) is 5.12. The largest absolute Gasteiger partial charge is 0.365 e. The fourth-order valence-corrected chi connectivity index (χ4v) is 6.69. The van der Waals surface area contributed by atoms with E-state index in [1.807, 2.05) is 0 Å². The van der Waals surface area contributed by atoms with Gasteiger partial charge in [0.2, 0.25) is 5.91 Å². The number of thiophene rings is 1. The first-order valence-corrected chi connectivity index (χ1v) is 12.5. The van der Waals surface area contributed by atoms with Crippen molar-refractivity contribution in [1.82, 2.24) is 4.90 Å². The van der Waals surface area contributed by atoms with E-state index in [0.717, 1.165) is 47.9 Å². The number of carbonyl (C=O) groups excluding carboxylic acids is 3. The van der Waals surface area contributed by atoms with Crippen LogP contribution in [0.25, 0.3) is 6.08 Å². The van der Waals surface area contributed by atoms with E-state index < -0.39 is 17.7 Å². The fraction of sp³-hybridized carbons (Fsp3) is 0.238. The molecule has 1 aliphatic heterocycles. The summed E-state index contributed by atoms with van der Waals surface area (Å²) in [5.74, 6) is -1.43. The van der Waals surface area contributed by atoms with Gasteiger partial charge in [-0.1, -0.05) is 53.2 Å². The maximum Gasteiger partial charge on any atom is 0.266 e. The Kier molecular flexibility index (Phi) is 6.92. The number of nitrogens with one attached hydrogen (secondary N) is 1. The van der Waals surface area contributed by atoms with E-state index in [9.17, 15) is 14.4 Å². The van der Waals surface area contributed by atoms with E-state index >= 15 is 0 Å². The molecule has 0 atom stereocenters. The zero-order valence-electron chi connectivity index (χ0n) is 16.6. The second-order valence-corrected chi connectivity index (χ2v) is 10.8. The molecule has 2 heterocycles. The molecule has 0 bridgehead atoms. The third kappa shape index (κ3) is 4.58. The maximum atomic E-state index is 12.9. The van der Waals surface area contributed by atoms with Crippen molar-refractivity contribution in [2.75, 3.05) is 11.9 Å². The summed E-state index contributed by atoms with van der Waals surface area (Å²) in [6, 6.07) is 5.05. The number of amides is 3. The number of rotatable bonds is 5. The Labute approximate surface area is 208 Å². The number of hydrogen-bond acceptors (Lipinski definition) is 6. The van der Waals surface area contributed by atoms with Crippen LogP contribution in [-0.2, 0) is 22.4 Å². The molecule has 0 spiro atoms. The lowest BCUT2D eigenvalue weighted by atomic mass is 9.95. The first kappa shape index (κ1) is 23.3. The van der Waals surface area contributed by atoms with Crippen LogP contribution in [0.4, 0.5) is 5.00 Å². The highest BCUT2D eigenvalue weighted by molar-refractivity contribution is 8.26. The van der Waals surface area contributed by atoms with E-state index in [-0.39, 0.29) is 10.9 Å². The van der Waals surface area contributed by atoms with Gasteiger partial charge in [-0.05, 0) is 49.5 Å². The molecular weight excluding hydrogens is 509 g/mol. The molecule has 3 N–H and O–H groups in total. The quantitative estimate of drug-likeness (QED) is 0.428. The van der Waals surface area contributed by atoms with Crippen LogP contribution in [0.5, 0.6) is 0 Å². The van der Waals surface area contributed by atoms with E-state index in [1.165, 1.54) is 16.2 Å². The molecule has 4 rings (SSSR count). The minimum Gasteiger partial charge on any atom is -0.365 e. The van der Waals surface area contributed by atoms with Crippen LogP contribution in [0.3, 0.4) is 0 Å². The molecular formula is C21H17Cl2N3O3S3. The van der Waals surface area contributed by atoms with Gasteiger partial charge >= 0.3 is 0 Å². The number of nitrogens with zero attached hydrogens (tertiary/aromatic N) is 1. The molecule has 6 nitrogen and oxygen atoms in total. The van der Waals surface area contributed by atoms with Crippen LogP contribution in [0.15, 0.2) is 23.1 Å². The van der Waals surface area contributed by atoms with Gasteiger partial charge in [-0.3, -0.25) is 19.3 Å². The number of thiocarbonyl (C=S) groups is 1. The second kappa shape index (κ2) is 9.52. The Balaban J connectivity index is 1.52. The van der Waals surface area contributed by atoms with E-state index in [0.29, 0.717) is 31.1 Å². The van der Waals surface area contributed by atoms with Crippen LogP contribution in [0.1, 0.15) is 39.2 Å². The van der Waals surface area contributed by atoms with Gasteiger partial charge in [0, 0.05) is 20.5 Å². The smallest absolute Gasteiger partial charge is 0.266 e. The van der Waals surface area contributed by atoms with Crippen molar-refractivity contribution in [2.24, 2.45) is 5.73 Å². The molecule has 1 saturated heterocycles. The minimum absolute atomic E-state index is 0.250. The van der Waals surface area contributed by atoms with Crippen LogP contribution in [0.2, 0.25) is 10.0 Å². The van der Waals surface area contributed by atoms with Gasteiger partial charge in [-0.2, -0.15) is 0 Å². The lowest BCUT2D eigenvalue weighted by Crippen LogP contribution is -2.36. The first-order valence-electron chi connectivity index (χ1n) is 9.70. The molecule has 3 amide bonds. The standard InChI is InChI=1S/C21H17Cl2N3O3S3/c22-12-5-3-6-13(23)11(12)8-15-20(29)26(21(30)32-15)9-16(27)25-19-17(18(24)28)10-4-1-2-7-14(10)31-19/h3,5-6,8H,1-2,4,7,9H2,(H2,24,28)(H,25,27)/b15-8-. The van der Waals surface area contributed by atoms with Gasteiger partial charge in [-0.25, -0.2) is 0 Å². The summed E-state index contributed by atoms with van der Waals surface area (Å²) in [6.45, 7) is -0.279. The number of hydrogen-bond donors (Lipinski definition) is 2. The van der Waals surface area contributed by atoms with Gasteiger partial charge in [0.05, 0.1) is 10.5 Å². The molecule has 0 unspecified atom stereocenters. The topological polar surface area (TPSA) is 92.5 Å². The first-order chi connectivity index (χ1) is 15.3. The molecule has 0 saturated carbocycles. The fourth-order valence-electron chi connectivity index (χ4n) is 3.64. The van der Waals surface area contributed by atoms with Crippen molar-refractivity contribution in [2.45, 2.75) is 25.7 Å². The Hall–Kier alpha value is -1.91. The number of anilines is 1. The SMILES string of the molecule is NC(=O)c1c(NC(=O)CN2C(=O)/C(=C/c3c(Cl)cccc3Cl)SC2=S)sc2c1CCCC2. The number of halogens is 2. The van der Waals surface area contributed by atoms with Crippen molar-refractivity contribution >= 4 is 91.6 Å². The predicted octanol–water partition coefficient (Wildman–Crippen LogP) is 4.87. The minimum atomic E-state index is -0.565. The van der Waals surface area contributed by atoms with Gasteiger partial charge in [-0.15, -0.1) is 11.3 Å². The highest BCUT2D eigenvalue weighted by Crippen LogP contribution is 2.38. The molecule has 2 aromatic rings. The van der Waals surface area contributed by atoms with Crippen molar-refractivity contribution in [1.29, 1.82) is 0 Å². The summed E-state index contributed by atoms with van der Waals surface area (Å²) in [6.07, 6.45) is 5.22. The highest BCUT2D eigenvalue weighted by atomic mass is 35.5. The van der Waals surface area contributed by atoms with Crippen LogP contribution >= 0.6 is 58.5 Å². The number of carbonyl (C=O) groups is 3. The predicted molar refractivity (Wildman–Crippen MR) is 134 cm³/mol. The molecule has 1 aromatic carbocycles. The Morgan fingerprint density at radius 1 is 1.22 bits per heavy atom. The highest BCUT2D eigenvalue weighted by Gasteiger charge is 2.34. The molecule has 1 aromatic heterocycles. The molecule has 11 heteroatoms. The molecule has 166 valence electrons. The number of benzene rings is 1. The van der Waals surface area contributed by atoms with Gasteiger partial charge in [0.25, 0.3) is 11.8 Å². The summed E-state index contributed by atoms with van der Waals surface area (Å²) in [4.78, 5) is 40.2.